The summed E-state index contributed by atoms with van der Waals surface area (Å²) in [5.41, 5.74) is 3.52. The van der Waals surface area contributed by atoms with Gasteiger partial charge >= 0.3 is 6.09 Å². The lowest BCUT2D eigenvalue weighted by atomic mass is 9.94. The number of carbonyl (C=O) groups is 1. The number of fused-ring (bicyclic) bond motifs is 2. The zero-order valence-corrected chi connectivity index (χ0v) is 22.7. The molecule has 4 aromatic carbocycles. The van der Waals surface area contributed by atoms with Crippen molar-refractivity contribution in [3.63, 3.8) is 0 Å². The molecule has 196 valence electrons. The molecule has 6 rings (SSSR count). The Morgan fingerprint density at radius 2 is 1.26 bits per heavy atom. The highest BCUT2D eigenvalue weighted by Gasteiger charge is 2.45. The fourth-order valence-corrected chi connectivity index (χ4v) is 7.50. The average molecular weight is 534 g/mol. The van der Waals surface area contributed by atoms with Crippen LogP contribution >= 0.6 is 8.15 Å². The van der Waals surface area contributed by atoms with Gasteiger partial charge < -0.3 is 9.26 Å². The van der Waals surface area contributed by atoms with Gasteiger partial charge in [0, 0.05) is 10.6 Å². The van der Waals surface area contributed by atoms with Crippen molar-refractivity contribution in [2.75, 3.05) is 0 Å². The fraction of sp³-hybridized carbons (Fsp3) is 0.206. The molecule has 2 aliphatic rings. The molecule has 2 heterocycles. The van der Waals surface area contributed by atoms with Crippen molar-refractivity contribution in [3.05, 3.63) is 144 Å². The van der Waals surface area contributed by atoms with Crippen molar-refractivity contribution in [2.45, 2.75) is 44.1 Å². The predicted octanol–water partition coefficient (Wildman–Crippen LogP) is 6.77. The Hall–Kier alpha value is -3.72. The predicted molar refractivity (Wildman–Crippen MR) is 157 cm³/mol. The number of piperidine rings is 1. The van der Waals surface area contributed by atoms with Crippen molar-refractivity contribution >= 4 is 24.9 Å². The van der Waals surface area contributed by atoms with E-state index < -0.39 is 8.15 Å². The maximum atomic E-state index is 13.4. The van der Waals surface area contributed by atoms with Crippen LogP contribution in [0, 0.1) is 0 Å². The molecule has 0 unspecified atom stereocenters. The summed E-state index contributed by atoms with van der Waals surface area (Å²) in [5, 5.41) is 2.40. The second-order valence-corrected chi connectivity index (χ2v) is 11.9. The highest BCUT2D eigenvalue weighted by Crippen LogP contribution is 2.44. The van der Waals surface area contributed by atoms with E-state index in [2.05, 4.69) is 78.9 Å². The van der Waals surface area contributed by atoms with Gasteiger partial charge in [-0.05, 0) is 36.0 Å². The van der Waals surface area contributed by atoms with Gasteiger partial charge in [-0.1, -0.05) is 127 Å². The Morgan fingerprint density at radius 3 is 1.85 bits per heavy atom. The SMILES string of the molecule is O=C(OCc1ccccc1)N1[C@@H]2C=C(Cc3ccccc3)[C@H]1C[C@@H](OP(c1ccccc1)c1ccccc1)C2. The van der Waals surface area contributed by atoms with Gasteiger partial charge in [0.15, 0.2) is 0 Å². The van der Waals surface area contributed by atoms with Gasteiger partial charge in [-0.15, -0.1) is 0 Å². The maximum Gasteiger partial charge on any atom is 0.411 e. The molecule has 0 spiro atoms. The minimum absolute atomic E-state index is 0.0363. The van der Waals surface area contributed by atoms with Crippen LogP contribution in [-0.4, -0.2) is 29.2 Å². The Bertz CT molecular complexity index is 1360. The van der Waals surface area contributed by atoms with Crippen LogP contribution < -0.4 is 10.6 Å². The van der Waals surface area contributed by atoms with E-state index in [4.69, 9.17) is 9.26 Å². The number of hydrogen-bond donors (Lipinski definition) is 0. The molecule has 1 saturated heterocycles. The number of benzene rings is 4. The van der Waals surface area contributed by atoms with E-state index in [9.17, 15) is 4.79 Å². The first-order valence-corrected chi connectivity index (χ1v) is 14.8. The van der Waals surface area contributed by atoms with Crippen LogP contribution in [0.5, 0.6) is 0 Å². The number of amides is 1. The molecule has 0 saturated carbocycles. The third kappa shape index (κ3) is 5.98. The molecule has 2 bridgehead atoms. The van der Waals surface area contributed by atoms with E-state index in [-0.39, 0.29) is 30.9 Å². The van der Waals surface area contributed by atoms with Crippen LogP contribution in [-0.2, 0) is 22.3 Å². The van der Waals surface area contributed by atoms with Crippen LogP contribution in [0.2, 0.25) is 0 Å². The zero-order chi connectivity index (χ0) is 26.4. The smallest absolute Gasteiger partial charge is 0.411 e. The Morgan fingerprint density at radius 1 is 0.718 bits per heavy atom. The monoisotopic (exact) mass is 533 g/mol. The summed E-state index contributed by atoms with van der Waals surface area (Å²) in [5.74, 6) is 0. The van der Waals surface area contributed by atoms with Gasteiger partial charge in [0.1, 0.15) is 6.61 Å². The highest BCUT2D eigenvalue weighted by atomic mass is 31.1. The largest absolute Gasteiger partial charge is 0.445 e. The fourth-order valence-electron chi connectivity index (χ4n) is 5.61. The van der Waals surface area contributed by atoms with Crippen LogP contribution in [0.3, 0.4) is 0 Å². The van der Waals surface area contributed by atoms with E-state index >= 15 is 0 Å². The number of nitrogens with zero attached hydrogens (tertiary/aromatic N) is 1. The first-order chi connectivity index (χ1) is 19.2. The molecule has 0 radical (unpaired) electrons. The molecule has 0 aliphatic carbocycles. The standard InChI is InChI=1S/C34H32NO3P/c36-34(37-25-27-15-7-2-8-16-27)35-29-22-28(21-26-13-5-1-6-14-26)33(35)24-30(23-29)38-39(31-17-9-3-10-18-31)32-19-11-4-12-20-32/h1-20,22,29-30,33H,21,23-25H2/t29-,30+,33-/m1/s1. The molecular weight excluding hydrogens is 501 g/mol. The van der Waals surface area contributed by atoms with Crippen molar-refractivity contribution < 1.29 is 14.1 Å². The number of ether oxygens (including phenoxy) is 1. The van der Waals surface area contributed by atoms with Gasteiger partial charge in [-0.3, -0.25) is 4.90 Å². The van der Waals surface area contributed by atoms with E-state index in [1.165, 1.54) is 21.7 Å². The molecule has 5 heteroatoms. The highest BCUT2D eigenvalue weighted by molar-refractivity contribution is 7.68. The van der Waals surface area contributed by atoms with Crippen LogP contribution in [0.15, 0.2) is 133 Å². The lowest BCUT2D eigenvalue weighted by Crippen LogP contribution is -2.50. The number of carbonyl (C=O) groups excluding carboxylic acids is 1. The van der Waals surface area contributed by atoms with Gasteiger partial charge in [0.05, 0.1) is 26.3 Å². The van der Waals surface area contributed by atoms with Crippen LogP contribution in [0.4, 0.5) is 4.79 Å². The van der Waals surface area contributed by atoms with Crippen molar-refractivity contribution in [1.82, 2.24) is 4.90 Å². The molecule has 4 aromatic rings. The van der Waals surface area contributed by atoms with Crippen molar-refractivity contribution in [2.24, 2.45) is 0 Å². The summed E-state index contributed by atoms with van der Waals surface area (Å²) in [6.07, 6.45) is 4.41. The molecule has 0 aromatic heterocycles. The third-order valence-electron chi connectivity index (χ3n) is 7.42. The summed E-state index contributed by atoms with van der Waals surface area (Å²) in [4.78, 5) is 15.4. The normalized spacial score (nSPS) is 20.1. The molecule has 39 heavy (non-hydrogen) atoms. The zero-order valence-electron chi connectivity index (χ0n) is 21.8. The second-order valence-electron chi connectivity index (χ2n) is 10.1. The third-order valence-corrected chi connectivity index (χ3v) is 9.46. The Labute approximate surface area is 231 Å². The second kappa shape index (κ2) is 12.0. The molecule has 4 nitrogen and oxygen atoms in total. The van der Waals surface area contributed by atoms with Crippen molar-refractivity contribution in [3.8, 4) is 0 Å². The molecule has 1 fully saturated rings. The summed E-state index contributed by atoms with van der Waals surface area (Å²) >= 11 is 0. The van der Waals surface area contributed by atoms with Gasteiger partial charge in [0.2, 0.25) is 0 Å². The first-order valence-electron chi connectivity index (χ1n) is 13.5. The van der Waals surface area contributed by atoms with E-state index in [1.807, 2.05) is 53.4 Å². The number of hydrogen-bond acceptors (Lipinski definition) is 3. The lowest BCUT2D eigenvalue weighted by Gasteiger charge is -2.40. The molecule has 1 amide bonds. The molecular formula is C34H32NO3P. The van der Waals surface area contributed by atoms with Crippen LogP contribution in [0.1, 0.15) is 24.0 Å². The minimum Gasteiger partial charge on any atom is -0.445 e. The number of rotatable bonds is 8. The topological polar surface area (TPSA) is 38.8 Å². The molecule has 0 N–H and O–H groups in total. The Kier molecular flexibility index (Phi) is 7.85. The minimum atomic E-state index is -0.971. The first kappa shape index (κ1) is 25.6. The molecule has 3 atom stereocenters. The van der Waals surface area contributed by atoms with Crippen molar-refractivity contribution in [1.29, 1.82) is 0 Å². The summed E-state index contributed by atoms with van der Waals surface area (Å²) in [6, 6.07) is 41.3. The summed E-state index contributed by atoms with van der Waals surface area (Å²) in [6.45, 7) is 0.275. The quantitative estimate of drug-likeness (QED) is 0.185. The van der Waals surface area contributed by atoms with Gasteiger partial charge in [-0.25, -0.2) is 4.79 Å². The van der Waals surface area contributed by atoms with E-state index in [1.54, 1.807) is 0 Å². The lowest BCUT2D eigenvalue weighted by molar-refractivity contribution is 0.0389. The molecule has 2 aliphatic heterocycles. The van der Waals surface area contributed by atoms with E-state index in [0.29, 0.717) is 0 Å². The van der Waals surface area contributed by atoms with Crippen LogP contribution in [0.25, 0.3) is 0 Å². The van der Waals surface area contributed by atoms with Gasteiger partial charge in [0.25, 0.3) is 0 Å². The van der Waals surface area contributed by atoms with E-state index in [0.717, 1.165) is 24.8 Å². The maximum absolute atomic E-state index is 13.4. The summed E-state index contributed by atoms with van der Waals surface area (Å²) in [7, 11) is -0.971. The van der Waals surface area contributed by atoms with Gasteiger partial charge in [-0.2, -0.15) is 0 Å². The Balaban J connectivity index is 1.22. The summed E-state index contributed by atoms with van der Waals surface area (Å²) < 4.78 is 12.8. The average Bonchev–Trinajstić information content (AvgIpc) is 3.22.